The average Bonchev–Trinajstić information content (AvgIpc) is 2.80. The molecular formula is C27H24N2O3. The molecule has 0 radical (unpaired) electrons. The number of hydrogen-bond acceptors (Lipinski definition) is 4. The van der Waals surface area contributed by atoms with Crippen LogP contribution >= 0.6 is 0 Å². The van der Waals surface area contributed by atoms with Crippen LogP contribution in [0, 0.1) is 5.41 Å². The Morgan fingerprint density at radius 3 is 2.19 bits per heavy atom. The first-order chi connectivity index (χ1) is 15.3. The van der Waals surface area contributed by atoms with E-state index in [-0.39, 0.29) is 12.5 Å². The second-order valence-corrected chi connectivity index (χ2v) is 9.19. The van der Waals surface area contributed by atoms with E-state index in [1.807, 2.05) is 93.6 Å². The Bertz CT molecular complexity index is 1260. The summed E-state index contributed by atoms with van der Waals surface area (Å²) >= 11 is 0. The lowest BCUT2D eigenvalue weighted by atomic mass is 9.77. The van der Waals surface area contributed by atoms with Crippen molar-refractivity contribution < 1.29 is 14.3 Å². The maximum absolute atomic E-state index is 14.2. The number of carbonyl (C=O) groups is 2. The molecule has 0 aromatic heterocycles. The number of fused-ring (bicyclic) bond motifs is 4. The van der Waals surface area contributed by atoms with Crippen molar-refractivity contribution in [1.29, 1.82) is 0 Å². The highest BCUT2D eigenvalue weighted by Gasteiger charge is 2.57. The molecule has 2 amide bonds. The second kappa shape index (κ2) is 7.16. The van der Waals surface area contributed by atoms with E-state index >= 15 is 0 Å². The van der Waals surface area contributed by atoms with Gasteiger partial charge in [-0.05, 0) is 17.7 Å². The van der Waals surface area contributed by atoms with Crippen LogP contribution in [0.3, 0.4) is 0 Å². The fourth-order valence-electron chi connectivity index (χ4n) is 4.31. The van der Waals surface area contributed by atoms with Gasteiger partial charge in [-0.3, -0.25) is 14.5 Å². The van der Waals surface area contributed by atoms with Gasteiger partial charge in [-0.1, -0.05) is 87.5 Å². The Hall–Kier alpha value is -3.73. The van der Waals surface area contributed by atoms with Crippen LogP contribution in [0.25, 0.3) is 0 Å². The van der Waals surface area contributed by atoms with E-state index in [1.165, 1.54) is 4.90 Å². The molecule has 0 saturated heterocycles. The zero-order valence-electron chi connectivity index (χ0n) is 18.3. The SMILES string of the molecule is CC(C)(C)C1=Nc2ccccc2C2(O1)C(=O)N(Cc1ccccc1)C(=O)c1ccccc12. The number of nitrogens with zero attached hydrogens (tertiary/aromatic N) is 2. The van der Waals surface area contributed by atoms with Gasteiger partial charge in [0.2, 0.25) is 5.60 Å². The molecule has 0 N–H and O–H groups in total. The zero-order chi connectivity index (χ0) is 22.5. The third kappa shape index (κ3) is 2.96. The van der Waals surface area contributed by atoms with Gasteiger partial charge in [-0.2, -0.15) is 0 Å². The average molecular weight is 425 g/mol. The topological polar surface area (TPSA) is 59.0 Å². The number of imide groups is 1. The molecule has 160 valence electrons. The van der Waals surface area contributed by atoms with E-state index in [0.717, 1.165) is 5.56 Å². The summed E-state index contributed by atoms with van der Waals surface area (Å²) in [6.07, 6.45) is 0. The van der Waals surface area contributed by atoms with E-state index in [2.05, 4.69) is 0 Å². The number of hydrogen-bond donors (Lipinski definition) is 0. The summed E-state index contributed by atoms with van der Waals surface area (Å²) in [5.74, 6) is -0.247. The number of carbonyl (C=O) groups excluding carboxylic acids is 2. The van der Waals surface area contributed by atoms with Crippen LogP contribution in [0.15, 0.2) is 83.9 Å². The number of para-hydroxylation sites is 1. The Kier molecular flexibility index (Phi) is 4.52. The van der Waals surface area contributed by atoms with Crippen molar-refractivity contribution in [3.8, 4) is 0 Å². The van der Waals surface area contributed by atoms with Gasteiger partial charge in [0.25, 0.3) is 11.8 Å². The van der Waals surface area contributed by atoms with E-state index in [0.29, 0.717) is 28.3 Å². The van der Waals surface area contributed by atoms with Crippen molar-refractivity contribution in [2.45, 2.75) is 32.9 Å². The minimum absolute atomic E-state index is 0.169. The Morgan fingerprint density at radius 2 is 1.47 bits per heavy atom. The van der Waals surface area contributed by atoms with Gasteiger partial charge >= 0.3 is 0 Å². The molecule has 5 heteroatoms. The summed E-state index contributed by atoms with van der Waals surface area (Å²) in [7, 11) is 0. The summed E-state index contributed by atoms with van der Waals surface area (Å²) in [5, 5.41) is 0. The van der Waals surface area contributed by atoms with Crippen LogP contribution in [-0.4, -0.2) is 22.6 Å². The Balaban J connectivity index is 1.77. The zero-order valence-corrected chi connectivity index (χ0v) is 18.3. The van der Waals surface area contributed by atoms with Crippen LogP contribution in [0.4, 0.5) is 5.69 Å². The van der Waals surface area contributed by atoms with E-state index in [1.54, 1.807) is 6.07 Å². The normalized spacial score (nSPS) is 19.8. The first-order valence-corrected chi connectivity index (χ1v) is 10.7. The number of aliphatic imine (C=N–C) groups is 1. The highest BCUT2D eigenvalue weighted by Crippen LogP contribution is 2.49. The lowest BCUT2D eigenvalue weighted by molar-refractivity contribution is -0.146. The van der Waals surface area contributed by atoms with Crippen molar-refractivity contribution in [1.82, 2.24) is 4.90 Å². The molecule has 5 rings (SSSR count). The fraction of sp³-hybridized carbons (Fsp3) is 0.222. The van der Waals surface area contributed by atoms with E-state index in [9.17, 15) is 9.59 Å². The maximum atomic E-state index is 14.2. The van der Waals surface area contributed by atoms with Gasteiger partial charge in [0.15, 0.2) is 5.90 Å². The van der Waals surface area contributed by atoms with Crippen molar-refractivity contribution in [2.24, 2.45) is 10.4 Å². The van der Waals surface area contributed by atoms with Crippen LogP contribution in [0.2, 0.25) is 0 Å². The maximum Gasteiger partial charge on any atom is 0.283 e. The molecule has 2 heterocycles. The molecule has 0 fully saturated rings. The van der Waals surface area contributed by atoms with Crippen molar-refractivity contribution in [2.75, 3.05) is 0 Å². The van der Waals surface area contributed by atoms with Gasteiger partial charge in [0.05, 0.1) is 12.2 Å². The first kappa shape index (κ1) is 20.2. The molecule has 0 saturated carbocycles. The number of rotatable bonds is 2. The van der Waals surface area contributed by atoms with Gasteiger partial charge in [-0.15, -0.1) is 0 Å². The summed E-state index contributed by atoms with van der Waals surface area (Å²) in [5.41, 5.74) is 1.33. The molecule has 3 aromatic carbocycles. The molecule has 2 aliphatic heterocycles. The standard InChI is InChI=1S/C27H24N2O3/c1-26(2,3)24-28-22-16-10-9-15-21(22)27(32-24)20-14-8-7-13-19(20)23(30)29(25(27)31)17-18-11-5-4-6-12-18/h4-16H,17H2,1-3H3. The molecule has 32 heavy (non-hydrogen) atoms. The monoisotopic (exact) mass is 424 g/mol. The molecule has 5 nitrogen and oxygen atoms in total. The molecular weight excluding hydrogens is 400 g/mol. The summed E-state index contributed by atoms with van der Waals surface area (Å²) in [4.78, 5) is 33.8. The second-order valence-electron chi connectivity index (χ2n) is 9.19. The summed E-state index contributed by atoms with van der Waals surface area (Å²) < 4.78 is 6.57. The molecule has 1 spiro atoms. The third-order valence-electron chi connectivity index (χ3n) is 5.91. The summed E-state index contributed by atoms with van der Waals surface area (Å²) in [6.45, 7) is 6.17. The van der Waals surface area contributed by atoms with Crippen LogP contribution in [-0.2, 0) is 21.7 Å². The van der Waals surface area contributed by atoms with Gasteiger partial charge in [-0.25, -0.2) is 4.99 Å². The Morgan fingerprint density at radius 1 is 0.844 bits per heavy atom. The predicted octanol–water partition coefficient (Wildman–Crippen LogP) is 5.22. The van der Waals surface area contributed by atoms with Gasteiger partial charge in [0.1, 0.15) is 0 Å². The van der Waals surface area contributed by atoms with Crippen molar-refractivity contribution >= 4 is 23.4 Å². The van der Waals surface area contributed by atoms with Crippen LogP contribution < -0.4 is 0 Å². The quantitative estimate of drug-likeness (QED) is 0.530. The summed E-state index contributed by atoms with van der Waals surface area (Å²) in [6, 6.07) is 24.3. The molecule has 0 aliphatic carbocycles. The van der Waals surface area contributed by atoms with Crippen LogP contribution in [0.5, 0.6) is 0 Å². The third-order valence-corrected chi connectivity index (χ3v) is 5.91. The lowest BCUT2D eigenvalue weighted by Crippen LogP contribution is -2.58. The number of amides is 2. The smallest absolute Gasteiger partial charge is 0.283 e. The van der Waals surface area contributed by atoms with Gasteiger partial charge < -0.3 is 4.74 Å². The van der Waals surface area contributed by atoms with Crippen molar-refractivity contribution in [3.63, 3.8) is 0 Å². The molecule has 1 unspecified atom stereocenters. The first-order valence-electron chi connectivity index (χ1n) is 10.7. The number of benzene rings is 3. The minimum atomic E-state index is -1.47. The van der Waals surface area contributed by atoms with Crippen LogP contribution in [0.1, 0.15) is 47.8 Å². The fourth-order valence-corrected chi connectivity index (χ4v) is 4.31. The van der Waals surface area contributed by atoms with Crippen molar-refractivity contribution in [3.05, 3.63) is 101 Å². The highest BCUT2D eigenvalue weighted by atomic mass is 16.5. The van der Waals surface area contributed by atoms with E-state index in [4.69, 9.17) is 9.73 Å². The molecule has 1 atom stereocenters. The molecule has 0 bridgehead atoms. The van der Waals surface area contributed by atoms with E-state index < -0.39 is 16.9 Å². The highest BCUT2D eigenvalue weighted by molar-refractivity contribution is 6.15. The van der Waals surface area contributed by atoms with Gasteiger partial charge in [0, 0.05) is 22.1 Å². The number of ether oxygens (including phenoxy) is 1. The minimum Gasteiger partial charge on any atom is -0.454 e. The largest absolute Gasteiger partial charge is 0.454 e. The predicted molar refractivity (Wildman–Crippen MR) is 123 cm³/mol. The molecule has 3 aromatic rings. The Labute approximate surface area is 187 Å². The molecule has 2 aliphatic rings. The lowest BCUT2D eigenvalue weighted by Gasteiger charge is -2.45.